The Bertz CT molecular complexity index is 930. The van der Waals surface area contributed by atoms with Gasteiger partial charge in [-0.1, -0.05) is 29.8 Å². The molecule has 0 aromatic heterocycles. The first-order valence-electron chi connectivity index (χ1n) is 8.32. The fraction of sp³-hybridized carbons (Fsp3) is 0.316. The topological polar surface area (TPSA) is 66.5 Å². The van der Waals surface area contributed by atoms with Gasteiger partial charge in [-0.2, -0.15) is 0 Å². The molecule has 1 amide bonds. The number of hydrogen-bond acceptors (Lipinski definition) is 3. The van der Waals surface area contributed by atoms with Crippen molar-refractivity contribution < 1.29 is 22.0 Å². The minimum absolute atomic E-state index is 0.123. The van der Waals surface area contributed by atoms with Gasteiger partial charge in [-0.15, -0.1) is 0 Å². The molecule has 0 aliphatic rings. The van der Waals surface area contributed by atoms with Crippen molar-refractivity contribution in [2.45, 2.75) is 32.9 Å². The van der Waals surface area contributed by atoms with Gasteiger partial charge in [-0.3, -0.25) is 9.10 Å². The van der Waals surface area contributed by atoms with Gasteiger partial charge in [0.25, 0.3) is 0 Å². The number of amides is 1. The van der Waals surface area contributed by atoms with E-state index in [2.05, 4.69) is 5.32 Å². The molecule has 0 spiro atoms. The van der Waals surface area contributed by atoms with Crippen molar-refractivity contribution >= 4 is 21.6 Å². The molecule has 5 nitrogen and oxygen atoms in total. The molecule has 2 atom stereocenters. The van der Waals surface area contributed by atoms with Crippen molar-refractivity contribution in [3.8, 4) is 0 Å². The third-order valence-corrected chi connectivity index (χ3v) is 5.42. The summed E-state index contributed by atoms with van der Waals surface area (Å²) in [5.41, 5.74) is 1.81. The number of aryl methyl sites for hydroxylation is 1. The molecule has 0 saturated heterocycles. The standard InChI is InChI=1S/C19H22F2N2O3S/c1-12-5-7-15(8-6-12)13(2)22-19(24)14(3)23(27(4,25)26)16-9-10-17(20)18(21)11-16/h5-11,13-14H,1-4H3,(H,22,24). The van der Waals surface area contributed by atoms with Crippen molar-refractivity contribution in [1.29, 1.82) is 0 Å². The lowest BCUT2D eigenvalue weighted by Crippen LogP contribution is -2.48. The molecule has 0 aliphatic carbocycles. The molecular weight excluding hydrogens is 374 g/mol. The highest BCUT2D eigenvalue weighted by molar-refractivity contribution is 7.92. The Morgan fingerprint density at radius 1 is 1.04 bits per heavy atom. The number of hydrogen-bond donors (Lipinski definition) is 1. The van der Waals surface area contributed by atoms with E-state index in [9.17, 15) is 22.0 Å². The number of rotatable bonds is 6. The normalized spacial score (nSPS) is 13.7. The van der Waals surface area contributed by atoms with Crippen LogP contribution in [0, 0.1) is 18.6 Å². The average Bonchev–Trinajstić information content (AvgIpc) is 2.57. The molecule has 0 bridgehead atoms. The van der Waals surface area contributed by atoms with Crippen LogP contribution in [0.2, 0.25) is 0 Å². The molecule has 2 rings (SSSR count). The molecule has 0 fully saturated rings. The van der Waals surface area contributed by atoms with E-state index >= 15 is 0 Å². The van der Waals surface area contributed by atoms with Crippen LogP contribution in [0.4, 0.5) is 14.5 Å². The smallest absolute Gasteiger partial charge is 0.244 e. The second-order valence-corrected chi connectivity index (χ2v) is 8.33. The summed E-state index contributed by atoms with van der Waals surface area (Å²) >= 11 is 0. The van der Waals surface area contributed by atoms with E-state index < -0.39 is 33.6 Å². The third-order valence-electron chi connectivity index (χ3n) is 4.18. The van der Waals surface area contributed by atoms with Gasteiger partial charge in [-0.05, 0) is 38.5 Å². The van der Waals surface area contributed by atoms with Gasteiger partial charge >= 0.3 is 0 Å². The van der Waals surface area contributed by atoms with Crippen LogP contribution in [0.15, 0.2) is 42.5 Å². The molecule has 0 radical (unpaired) electrons. The van der Waals surface area contributed by atoms with Crippen molar-refractivity contribution in [3.63, 3.8) is 0 Å². The molecule has 2 unspecified atom stereocenters. The zero-order chi connectivity index (χ0) is 20.4. The molecule has 2 aromatic carbocycles. The molecule has 0 heterocycles. The highest BCUT2D eigenvalue weighted by Crippen LogP contribution is 2.23. The van der Waals surface area contributed by atoms with Gasteiger partial charge in [0.1, 0.15) is 6.04 Å². The summed E-state index contributed by atoms with van der Waals surface area (Å²) in [6.07, 6.45) is 0.904. The zero-order valence-electron chi connectivity index (χ0n) is 15.5. The van der Waals surface area contributed by atoms with E-state index in [0.29, 0.717) is 0 Å². The Hall–Kier alpha value is -2.48. The molecule has 2 aromatic rings. The van der Waals surface area contributed by atoms with Crippen LogP contribution in [0.25, 0.3) is 0 Å². The van der Waals surface area contributed by atoms with Gasteiger partial charge < -0.3 is 5.32 Å². The fourth-order valence-electron chi connectivity index (χ4n) is 2.70. The number of halogens is 2. The number of carbonyl (C=O) groups excluding carboxylic acids is 1. The second kappa shape index (κ2) is 8.04. The largest absolute Gasteiger partial charge is 0.348 e. The van der Waals surface area contributed by atoms with Crippen molar-refractivity contribution in [3.05, 3.63) is 65.2 Å². The summed E-state index contributed by atoms with van der Waals surface area (Å²) in [6, 6.07) is 8.74. The van der Waals surface area contributed by atoms with Gasteiger partial charge in [-0.25, -0.2) is 17.2 Å². The molecule has 8 heteroatoms. The highest BCUT2D eigenvalue weighted by atomic mass is 32.2. The molecule has 0 saturated carbocycles. The predicted molar refractivity (Wildman–Crippen MR) is 101 cm³/mol. The first kappa shape index (κ1) is 20.8. The molecule has 0 aliphatic heterocycles. The van der Waals surface area contributed by atoms with Crippen LogP contribution in [0.3, 0.4) is 0 Å². The summed E-state index contributed by atoms with van der Waals surface area (Å²) in [6.45, 7) is 5.11. The lowest BCUT2D eigenvalue weighted by Gasteiger charge is -2.29. The molecule has 1 N–H and O–H groups in total. The van der Waals surface area contributed by atoms with E-state index in [4.69, 9.17) is 0 Å². The maximum Gasteiger partial charge on any atom is 0.244 e. The lowest BCUT2D eigenvalue weighted by atomic mass is 10.1. The van der Waals surface area contributed by atoms with Crippen LogP contribution in [0.5, 0.6) is 0 Å². The van der Waals surface area contributed by atoms with E-state index in [0.717, 1.165) is 39.9 Å². The maximum absolute atomic E-state index is 13.6. The van der Waals surface area contributed by atoms with Crippen LogP contribution in [0.1, 0.15) is 31.0 Å². The monoisotopic (exact) mass is 396 g/mol. The predicted octanol–water partition coefficient (Wildman–Crippen LogP) is 3.31. The minimum atomic E-state index is -3.91. The average molecular weight is 396 g/mol. The quantitative estimate of drug-likeness (QED) is 0.815. The number of carbonyl (C=O) groups is 1. The molecule has 27 heavy (non-hydrogen) atoms. The first-order valence-corrected chi connectivity index (χ1v) is 10.2. The number of benzene rings is 2. The Morgan fingerprint density at radius 2 is 1.63 bits per heavy atom. The van der Waals surface area contributed by atoms with Gasteiger partial charge in [0, 0.05) is 6.07 Å². The summed E-state index contributed by atoms with van der Waals surface area (Å²) in [5.74, 6) is -2.85. The summed E-state index contributed by atoms with van der Waals surface area (Å²) < 4.78 is 51.9. The zero-order valence-corrected chi connectivity index (χ0v) is 16.3. The molecular formula is C19H22F2N2O3S. The SMILES string of the molecule is Cc1ccc(C(C)NC(=O)C(C)N(c2ccc(F)c(F)c2)S(C)(=O)=O)cc1. The van der Waals surface area contributed by atoms with Crippen LogP contribution in [-0.2, 0) is 14.8 Å². The number of sulfonamides is 1. The van der Waals surface area contributed by atoms with Gasteiger partial charge in [0.05, 0.1) is 18.0 Å². The second-order valence-electron chi connectivity index (χ2n) is 6.47. The van der Waals surface area contributed by atoms with E-state index in [1.165, 1.54) is 6.92 Å². The Morgan fingerprint density at radius 3 is 2.15 bits per heavy atom. The highest BCUT2D eigenvalue weighted by Gasteiger charge is 2.30. The van der Waals surface area contributed by atoms with Crippen molar-refractivity contribution in [2.75, 3.05) is 10.6 Å². The first-order chi connectivity index (χ1) is 12.5. The van der Waals surface area contributed by atoms with Gasteiger partial charge in [0.2, 0.25) is 15.9 Å². The fourth-order valence-corrected chi connectivity index (χ4v) is 3.87. The molecule has 146 valence electrons. The lowest BCUT2D eigenvalue weighted by molar-refractivity contribution is -0.122. The number of anilines is 1. The van der Waals surface area contributed by atoms with Crippen LogP contribution >= 0.6 is 0 Å². The van der Waals surface area contributed by atoms with Crippen LogP contribution < -0.4 is 9.62 Å². The van der Waals surface area contributed by atoms with Crippen molar-refractivity contribution in [1.82, 2.24) is 5.32 Å². The van der Waals surface area contributed by atoms with Gasteiger partial charge in [0.15, 0.2) is 11.6 Å². The number of nitrogens with zero attached hydrogens (tertiary/aromatic N) is 1. The van der Waals surface area contributed by atoms with Crippen LogP contribution in [-0.4, -0.2) is 26.6 Å². The Kier molecular flexibility index (Phi) is 6.20. The third kappa shape index (κ3) is 5.03. The van der Waals surface area contributed by atoms with E-state index in [1.54, 1.807) is 6.92 Å². The van der Waals surface area contributed by atoms with E-state index in [1.807, 2.05) is 31.2 Å². The van der Waals surface area contributed by atoms with E-state index in [-0.39, 0.29) is 11.7 Å². The summed E-state index contributed by atoms with van der Waals surface area (Å²) in [5, 5.41) is 2.75. The Labute approximate surface area is 158 Å². The van der Waals surface area contributed by atoms with Crippen molar-refractivity contribution in [2.24, 2.45) is 0 Å². The maximum atomic E-state index is 13.6. The Balaban J connectivity index is 2.26. The number of nitrogens with one attached hydrogen (secondary N) is 1. The summed E-state index contributed by atoms with van der Waals surface area (Å²) in [7, 11) is -3.91. The minimum Gasteiger partial charge on any atom is -0.348 e. The summed E-state index contributed by atoms with van der Waals surface area (Å²) in [4.78, 5) is 12.6.